The van der Waals surface area contributed by atoms with Crippen LogP contribution in [-0.2, 0) is 11.2 Å². The fourth-order valence-corrected chi connectivity index (χ4v) is 2.15. The predicted molar refractivity (Wildman–Crippen MR) is 59.3 cm³/mol. The summed E-state index contributed by atoms with van der Waals surface area (Å²) < 4.78 is 2.00. The third kappa shape index (κ3) is 2.61. The van der Waals surface area contributed by atoms with Crippen LogP contribution in [0.3, 0.4) is 0 Å². The second-order valence-electron chi connectivity index (χ2n) is 4.14. The molecule has 0 aliphatic carbocycles. The van der Waals surface area contributed by atoms with Crippen LogP contribution >= 0.6 is 0 Å². The van der Waals surface area contributed by atoms with Gasteiger partial charge in [0.05, 0.1) is 12.5 Å². The molecule has 2 rings (SSSR count). The SMILES string of the molecule is O=C(O)CCc1ccnn1C1CCNCC1. The van der Waals surface area contributed by atoms with Crippen molar-refractivity contribution in [2.24, 2.45) is 0 Å². The van der Waals surface area contributed by atoms with Crippen LogP contribution in [0.1, 0.15) is 31.0 Å². The summed E-state index contributed by atoms with van der Waals surface area (Å²) in [6, 6.07) is 2.35. The molecule has 0 bridgehead atoms. The van der Waals surface area contributed by atoms with Crippen LogP contribution in [0.4, 0.5) is 0 Å². The van der Waals surface area contributed by atoms with E-state index in [1.165, 1.54) is 0 Å². The number of piperidine rings is 1. The van der Waals surface area contributed by atoms with Gasteiger partial charge in [0.25, 0.3) is 0 Å². The Morgan fingerprint density at radius 3 is 3.00 bits per heavy atom. The molecular formula is C11H17N3O2. The zero-order chi connectivity index (χ0) is 11.4. The third-order valence-corrected chi connectivity index (χ3v) is 3.00. The molecule has 88 valence electrons. The van der Waals surface area contributed by atoms with Crippen molar-refractivity contribution in [1.82, 2.24) is 15.1 Å². The van der Waals surface area contributed by atoms with E-state index in [2.05, 4.69) is 10.4 Å². The minimum atomic E-state index is -0.752. The van der Waals surface area contributed by atoms with Crippen LogP contribution < -0.4 is 5.32 Å². The van der Waals surface area contributed by atoms with Gasteiger partial charge in [-0.1, -0.05) is 0 Å². The van der Waals surface area contributed by atoms with Gasteiger partial charge in [-0.2, -0.15) is 5.10 Å². The summed E-state index contributed by atoms with van der Waals surface area (Å²) >= 11 is 0. The Hall–Kier alpha value is -1.36. The van der Waals surface area contributed by atoms with E-state index in [9.17, 15) is 4.79 Å². The number of hydrogen-bond donors (Lipinski definition) is 2. The molecule has 1 aliphatic rings. The highest BCUT2D eigenvalue weighted by atomic mass is 16.4. The lowest BCUT2D eigenvalue weighted by molar-refractivity contribution is -0.137. The van der Waals surface area contributed by atoms with Crippen molar-refractivity contribution in [3.8, 4) is 0 Å². The highest BCUT2D eigenvalue weighted by molar-refractivity contribution is 5.66. The number of carboxylic acids is 1. The number of aryl methyl sites for hydroxylation is 1. The summed E-state index contributed by atoms with van der Waals surface area (Å²) in [6.07, 6.45) is 4.65. The Bertz CT molecular complexity index is 356. The quantitative estimate of drug-likeness (QED) is 0.793. The standard InChI is InChI=1S/C11H17N3O2/c15-11(16)2-1-9-5-8-13-14(9)10-3-6-12-7-4-10/h5,8,10,12H,1-4,6-7H2,(H,15,16). The van der Waals surface area contributed by atoms with Crippen molar-refractivity contribution in [2.45, 2.75) is 31.7 Å². The van der Waals surface area contributed by atoms with Crippen molar-refractivity contribution in [2.75, 3.05) is 13.1 Å². The number of nitrogens with one attached hydrogen (secondary N) is 1. The first kappa shape index (κ1) is 11.1. The summed E-state index contributed by atoms with van der Waals surface area (Å²) in [5.41, 5.74) is 1.04. The maximum atomic E-state index is 10.5. The molecule has 0 atom stereocenters. The molecule has 1 fully saturated rings. The number of nitrogens with zero attached hydrogens (tertiary/aromatic N) is 2. The van der Waals surface area contributed by atoms with E-state index in [-0.39, 0.29) is 6.42 Å². The molecule has 1 aromatic heterocycles. The largest absolute Gasteiger partial charge is 0.481 e. The van der Waals surface area contributed by atoms with Gasteiger partial charge < -0.3 is 10.4 Å². The fraction of sp³-hybridized carbons (Fsp3) is 0.636. The molecule has 0 radical (unpaired) electrons. The number of rotatable bonds is 4. The van der Waals surface area contributed by atoms with Crippen molar-refractivity contribution < 1.29 is 9.90 Å². The molecule has 2 heterocycles. The van der Waals surface area contributed by atoms with Crippen LogP contribution in [0.2, 0.25) is 0 Å². The van der Waals surface area contributed by atoms with Crippen molar-refractivity contribution in [3.05, 3.63) is 18.0 Å². The van der Waals surface area contributed by atoms with Gasteiger partial charge in [-0.05, 0) is 38.4 Å². The summed E-state index contributed by atoms with van der Waals surface area (Å²) in [6.45, 7) is 2.03. The lowest BCUT2D eigenvalue weighted by Crippen LogP contribution is -2.30. The van der Waals surface area contributed by atoms with E-state index >= 15 is 0 Å². The molecular weight excluding hydrogens is 206 g/mol. The summed E-state index contributed by atoms with van der Waals surface area (Å²) in [5, 5.41) is 16.3. The van der Waals surface area contributed by atoms with Gasteiger partial charge >= 0.3 is 5.97 Å². The van der Waals surface area contributed by atoms with Crippen molar-refractivity contribution in [1.29, 1.82) is 0 Å². The average Bonchev–Trinajstić information content (AvgIpc) is 2.75. The molecule has 0 amide bonds. The Morgan fingerprint density at radius 2 is 2.31 bits per heavy atom. The van der Waals surface area contributed by atoms with Gasteiger partial charge in [-0.15, -0.1) is 0 Å². The molecule has 0 aromatic carbocycles. The minimum Gasteiger partial charge on any atom is -0.481 e. The van der Waals surface area contributed by atoms with E-state index in [0.717, 1.165) is 31.6 Å². The lowest BCUT2D eigenvalue weighted by atomic mass is 10.1. The maximum Gasteiger partial charge on any atom is 0.303 e. The summed E-state index contributed by atoms with van der Waals surface area (Å²) in [7, 11) is 0. The fourth-order valence-electron chi connectivity index (χ4n) is 2.15. The molecule has 1 aromatic rings. The number of carboxylic acid groups (broad SMARTS) is 1. The van der Waals surface area contributed by atoms with Crippen LogP contribution in [0.5, 0.6) is 0 Å². The Morgan fingerprint density at radius 1 is 1.56 bits per heavy atom. The average molecular weight is 223 g/mol. The molecule has 1 saturated heterocycles. The smallest absolute Gasteiger partial charge is 0.303 e. The first-order valence-corrected chi connectivity index (χ1v) is 5.72. The first-order chi connectivity index (χ1) is 7.77. The van der Waals surface area contributed by atoms with Crippen LogP contribution in [0.15, 0.2) is 12.3 Å². The second kappa shape index (κ2) is 5.12. The van der Waals surface area contributed by atoms with Crippen LogP contribution in [0.25, 0.3) is 0 Å². The minimum absolute atomic E-state index is 0.177. The topological polar surface area (TPSA) is 67.1 Å². The molecule has 16 heavy (non-hydrogen) atoms. The predicted octanol–water partition coefficient (Wildman–Crippen LogP) is 0.825. The molecule has 5 heteroatoms. The lowest BCUT2D eigenvalue weighted by Gasteiger charge is -2.24. The van der Waals surface area contributed by atoms with E-state index in [0.29, 0.717) is 12.5 Å². The third-order valence-electron chi connectivity index (χ3n) is 3.00. The van der Waals surface area contributed by atoms with E-state index in [4.69, 9.17) is 5.11 Å². The molecule has 0 unspecified atom stereocenters. The number of hydrogen-bond acceptors (Lipinski definition) is 3. The molecule has 1 aliphatic heterocycles. The zero-order valence-electron chi connectivity index (χ0n) is 9.22. The number of aliphatic carboxylic acids is 1. The van der Waals surface area contributed by atoms with E-state index < -0.39 is 5.97 Å². The Labute approximate surface area is 94.5 Å². The Balaban J connectivity index is 2.02. The normalized spacial score (nSPS) is 17.5. The van der Waals surface area contributed by atoms with E-state index in [1.54, 1.807) is 6.20 Å². The van der Waals surface area contributed by atoms with E-state index in [1.807, 2.05) is 10.7 Å². The zero-order valence-corrected chi connectivity index (χ0v) is 9.22. The molecule has 0 spiro atoms. The van der Waals surface area contributed by atoms with Crippen LogP contribution in [0, 0.1) is 0 Å². The Kier molecular flexibility index (Phi) is 3.56. The molecule has 2 N–H and O–H groups in total. The highest BCUT2D eigenvalue weighted by Crippen LogP contribution is 2.20. The van der Waals surface area contributed by atoms with Crippen molar-refractivity contribution in [3.63, 3.8) is 0 Å². The molecule has 0 saturated carbocycles. The van der Waals surface area contributed by atoms with Crippen LogP contribution in [-0.4, -0.2) is 33.9 Å². The first-order valence-electron chi connectivity index (χ1n) is 5.72. The van der Waals surface area contributed by atoms with Gasteiger partial charge in [0.1, 0.15) is 0 Å². The van der Waals surface area contributed by atoms with Gasteiger partial charge in [-0.3, -0.25) is 9.48 Å². The maximum absolute atomic E-state index is 10.5. The monoisotopic (exact) mass is 223 g/mol. The second-order valence-corrected chi connectivity index (χ2v) is 4.14. The number of carbonyl (C=O) groups is 1. The highest BCUT2D eigenvalue weighted by Gasteiger charge is 2.17. The van der Waals surface area contributed by atoms with Crippen molar-refractivity contribution >= 4 is 5.97 Å². The summed E-state index contributed by atoms with van der Waals surface area (Å²) in [4.78, 5) is 10.5. The molecule has 5 nitrogen and oxygen atoms in total. The van der Waals surface area contributed by atoms with Gasteiger partial charge in [-0.25, -0.2) is 0 Å². The van der Waals surface area contributed by atoms with Gasteiger partial charge in [0.15, 0.2) is 0 Å². The summed E-state index contributed by atoms with van der Waals surface area (Å²) in [5.74, 6) is -0.752. The van der Waals surface area contributed by atoms with Gasteiger partial charge in [0, 0.05) is 11.9 Å². The number of aromatic nitrogens is 2. The van der Waals surface area contributed by atoms with Gasteiger partial charge in [0.2, 0.25) is 0 Å².